The molecule has 0 aliphatic carbocycles. The second-order valence-electron chi connectivity index (χ2n) is 6.35. The first-order valence-corrected chi connectivity index (χ1v) is 7.76. The molecule has 1 aromatic rings. The number of amides is 1. The first-order valence-electron chi connectivity index (χ1n) is 7.76. The van der Waals surface area contributed by atoms with Crippen LogP contribution >= 0.6 is 0 Å². The van der Waals surface area contributed by atoms with Gasteiger partial charge >= 0.3 is 0 Å². The summed E-state index contributed by atoms with van der Waals surface area (Å²) in [5.74, 6) is -0.134. The molecular weight excluding hydrogens is 283 g/mol. The molecule has 22 heavy (non-hydrogen) atoms. The van der Waals surface area contributed by atoms with Gasteiger partial charge in [0.05, 0.1) is 12.0 Å². The van der Waals surface area contributed by atoms with E-state index in [2.05, 4.69) is 4.90 Å². The van der Waals surface area contributed by atoms with Gasteiger partial charge in [-0.1, -0.05) is 6.07 Å². The Balaban J connectivity index is 1.99. The Labute approximate surface area is 131 Å². The van der Waals surface area contributed by atoms with Crippen molar-refractivity contribution in [2.75, 3.05) is 33.7 Å². The zero-order chi connectivity index (χ0) is 16.3. The molecule has 4 nitrogen and oxygen atoms in total. The molecule has 122 valence electrons. The Bertz CT molecular complexity index is 533. The summed E-state index contributed by atoms with van der Waals surface area (Å²) in [6, 6.07) is 4.45. The Morgan fingerprint density at radius 2 is 2.23 bits per heavy atom. The second kappa shape index (κ2) is 7.20. The third-order valence-electron chi connectivity index (χ3n) is 4.32. The number of carbonyl (C=O) groups excluding carboxylic acids is 1. The summed E-state index contributed by atoms with van der Waals surface area (Å²) in [5, 5.41) is 10.4. The monoisotopic (exact) mass is 308 g/mol. The van der Waals surface area contributed by atoms with Crippen molar-refractivity contribution in [1.82, 2.24) is 9.80 Å². The number of hydrogen-bond acceptors (Lipinski definition) is 3. The molecular formula is C17H25FN2O2. The summed E-state index contributed by atoms with van der Waals surface area (Å²) < 4.78 is 13.2. The molecule has 1 amide bonds. The summed E-state index contributed by atoms with van der Waals surface area (Å²) in [4.78, 5) is 15.8. The highest BCUT2D eigenvalue weighted by molar-refractivity contribution is 5.78. The molecule has 0 radical (unpaired) electrons. The third kappa shape index (κ3) is 4.05. The van der Waals surface area contributed by atoms with Crippen LogP contribution in [-0.4, -0.2) is 54.5 Å². The van der Waals surface area contributed by atoms with E-state index < -0.39 is 6.10 Å². The highest BCUT2D eigenvalue weighted by Gasteiger charge is 2.28. The van der Waals surface area contributed by atoms with Crippen LogP contribution in [0.25, 0.3) is 0 Å². The number of benzene rings is 1. The molecule has 0 saturated carbocycles. The number of rotatable bonds is 4. The summed E-state index contributed by atoms with van der Waals surface area (Å²) in [6.07, 6.45) is 1.20. The van der Waals surface area contributed by atoms with Crippen molar-refractivity contribution in [2.24, 2.45) is 5.92 Å². The van der Waals surface area contributed by atoms with Gasteiger partial charge in [-0.25, -0.2) is 4.39 Å². The number of piperidine rings is 1. The lowest BCUT2D eigenvalue weighted by atomic mass is 9.95. The minimum absolute atomic E-state index is 0.00487. The fourth-order valence-corrected chi connectivity index (χ4v) is 3.14. The zero-order valence-electron chi connectivity index (χ0n) is 13.6. The van der Waals surface area contributed by atoms with Gasteiger partial charge < -0.3 is 10.0 Å². The van der Waals surface area contributed by atoms with E-state index in [1.165, 1.54) is 12.1 Å². The molecule has 2 unspecified atom stereocenters. The number of aliphatic hydroxyl groups is 1. The minimum atomic E-state index is -0.659. The van der Waals surface area contributed by atoms with E-state index in [9.17, 15) is 14.3 Å². The number of β-amino-alcohol motifs (C(OH)–C–C–N with tert-alkyl or cyclic N) is 1. The van der Waals surface area contributed by atoms with E-state index in [-0.39, 0.29) is 17.6 Å². The highest BCUT2D eigenvalue weighted by atomic mass is 19.1. The normalized spacial score (nSPS) is 20.7. The van der Waals surface area contributed by atoms with Crippen LogP contribution < -0.4 is 0 Å². The molecule has 1 heterocycles. The Kier molecular flexibility index (Phi) is 5.53. The van der Waals surface area contributed by atoms with E-state index in [4.69, 9.17) is 0 Å². The standard InChI is InChI=1S/C17H25FN2O2/c1-12-9-14(18)6-7-15(12)16(21)11-20-8-4-5-13(10-20)17(22)19(2)3/h6-7,9,13,16,21H,4-5,8,10-11H2,1-3H3. The van der Waals surface area contributed by atoms with Crippen LogP contribution in [-0.2, 0) is 4.79 Å². The van der Waals surface area contributed by atoms with E-state index in [0.717, 1.165) is 30.5 Å². The maximum absolute atomic E-state index is 13.2. The molecule has 1 aliphatic rings. The van der Waals surface area contributed by atoms with Gasteiger partial charge in [0.2, 0.25) is 5.91 Å². The van der Waals surface area contributed by atoms with Crippen molar-refractivity contribution in [2.45, 2.75) is 25.9 Å². The molecule has 2 rings (SSSR count). The fraction of sp³-hybridized carbons (Fsp3) is 0.588. The van der Waals surface area contributed by atoms with Crippen molar-refractivity contribution in [3.63, 3.8) is 0 Å². The first-order chi connectivity index (χ1) is 10.4. The summed E-state index contributed by atoms with van der Waals surface area (Å²) in [5.41, 5.74) is 1.51. The molecule has 1 fully saturated rings. The van der Waals surface area contributed by atoms with Gasteiger partial charge in [-0.15, -0.1) is 0 Å². The first kappa shape index (κ1) is 16.9. The summed E-state index contributed by atoms with van der Waals surface area (Å²) >= 11 is 0. The second-order valence-corrected chi connectivity index (χ2v) is 6.35. The number of carbonyl (C=O) groups is 1. The molecule has 1 saturated heterocycles. The topological polar surface area (TPSA) is 43.8 Å². The van der Waals surface area contributed by atoms with Gasteiger partial charge in [0.1, 0.15) is 5.82 Å². The zero-order valence-corrected chi connectivity index (χ0v) is 13.6. The summed E-state index contributed by atoms with van der Waals surface area (Å²) in [7, 11) is 3.55. The van der Waals surface area contributed by atoms with Gasteiger partial charge in [-0.2, -0.15) is 0 Å². The van der Waals surface area contributed by atoms with E-state index in [0.29, 0.717) is 13.1 Å². The highest BCUT2D eigenvalue weighted by Crippen LogP contribution is 2.23. The van der Waals surface area contributed by atoms with Crippen LogP contribution in [0.5, 0.6) is 0 Å². The van der Waals surface area contributed by atoms with Gasteiger partial charge in [0, 0.05) is 27.2 Å². The lowest BCUT2D eigenvalue weighted by Gasteiger charge is -2.34. The molecule has 1 aromatic carbocycles. The minimum Gasteiger partial charge on any atom is -0.387 e. The molecule has 5 heteroatoms. The third-order valence-corrected chi connectivity index (χ3v) is 4.32. The quantitative estimate of drug-likeness (QED) is 0.925. The van der Waals surface area contributed by atoms with Gasteiger partial charge in [0.15, 0.2) is 0 Å². The molecule has 0 bridgehead atoms. The largest absolute Gasteiger partial charge is 0.387 e. The van der Waals surface area contributed by atoms with Crippen molar-refractivity contribution in [3.05, 3.63) is 35.1 Å². The average molecular weight is 308 g/mol. The predicted molar refractivity (Wildman–Crippen MR) is 84.0 cm³/mol. The molecule has 1 aliphatic heterocycles. The Morgan fingerprint density at radius 1 is 1.50 bits per heavy atom. The fourth-order valence-electron chi connectivity index (χ4n) is 3.14. The van der Waals surface area contributed by atoms with Crippen LogP contribution in [0.3, 0.4) is 0 Å². The van der Waals surface area contributed by atoms with Gasteiger partial charge in [-0.3, -0.25) is 9.69 Å². The number of nitrogens with zero attached hydrogens (tertiary/aromatic N) is 2. The molecule has 0 aromatic heterocycles. The van der Waals surface area contributed by atoms with E-state index >= 15 is 0 Å². The molecule has 1 N–H and O–H groups in total. The molecule has 2 atom stereocenters. The Hall–Kier alpha value is -1.46. The average Bonchev–Trinajstić information content (AvgIpc) is 2.46. The van der Waals surface area contributed by atoms with E-state index in [1.807, 2.05) is 0 Å². The number of halogens is 1. The Morgan fingerprint density at radius 3 is 2.86 bits per heavy atom. The predicted octanol–water partition coefficient (Wildman–Crippen LogP) is 1.97. The summed E-state index contributed by atoms with van der Waals surface area (Å²) in [6.45, 7) is 3.84. The van der Waals surface area contributed by atoms with Gasteiger partial charge in [0.25, 0.3) is 0 Å². The number of hydrogen-bond donors (Lipinski definition) is 1. The van der Waals surface area contributed by atoms with Crippen LogP contribution in [0.1, 0.15) is 30.1 Å². The number of likely N-dealkylation sites (tertiary alicyclic amines) is 1. The lowest BCUT2D eigenvalue weighted by Crippen LogP contribution is -2.44. The van der Waals surface area contributed by atoms with Crippen LogP contribution in [0.4, 0.5) is 4.39 Å². The van der Waals surface area contributed by atoms with Crippen LogP contribution in [0.15, 0.2) is 18.2 Å². The van der Waals surface area contributed by atoms with Crippen molar-refractivity contribution >= 4 is 5.91 Å². The van der Waals surface area contributed by atoms with Crippen molar-refractivity contribution in [3.8, 4) is 0 Å². The number of aliphatic hydroxyl groups excluding tert-OH is 1. The van der Waals surface area contributed by atoms with Crippen LogP contribution in [0, 0.1) is 18.7 Å². The molecule has 0 spiro atoms. The maximum atomic E-state index is 13.2. The van der Waals surface area contributed by atoms with Crippen molar-refractivity contribution < 1.29 is 14.3 Å². The SMILES string of the molecule is Cc1cc(F)ccc1C(O)CN1CCCC(C(=O)N(C)C)C1. The van der Waals surface area contributed by atoms with Gasteiger partial charge in [-0.05, 0) is 49.6 Å². The smallest absolute Gasteiger partial charge is 0.226 e. The number of aryl methyl sites for hydroxylation is 1. The lowest BCUT2D eigenvalue weighted by molar-refractivity contribution is -0.134. The van der Waals surface area contributed by atoms with Crippen molar-refractivity contribution in [1.29, 1.82) is 0 Å². The van der Waals surface area contributed by atoms with Crippen LogP contribution in [0.2, 0.25) is 0 Å². The maximum Gasteiger partial charge on any atom is 0.226 e. The van der Waals surface area contributed by atoms with E-state index in [1.54, 1.807) is 32.0 Å².